The van der Waals surface area contributed by atoms with E-state index in [2.05, 4.69) is 5.32 Å². The Morgan fingerprint density at radius 3 is 2.52 bits per heavy atom. The van der Waals surface area contributed by atoms with Crippen LogP contribution in [0.3, 0.4) is 0 Å². The van der Waals surface area contributed by atoms with E-state index in [4.69, 9.17) is 0 Å². The average molecular weight is 344 g/mol. The lowest BCUT2D eigenvalue weighted by atomic mass is 10.2. The summed E-state index contributed by atoms with van der Waals surface area (Å²) in [5, 5.41) is 2.90. The highest BCUT2D eigenvalue weighted by Gasteiger charge is 2.22. The SMILES string of the molecule is CC(=O)N1CCN(CC(=O)Nc2cccc(N3CCCC3=O)c2)CC1. The summed E-state index contributed by atoms with van der Waals surface area (Å²) in [7, 11) is 0. The van der Waals surface area contributed by atoms with Gasteiger partial charge in [-0.1, -0.05) is 6.07 Å². The second-order valence-corrected chi connectivity index (χ2v) is 6.53. The molecular weight excluding hydrogens is 320 g/mol. The Balaban J connectivity index is 1.53. The van der Waals surface area contributed by atoms with E-state index in [1.165, 1.54) is 0 Å². The molecule has 0 spiro atoms. The van der Waals surface area contributed by atoms with E-state index in [9.17, 15) is 14.4 Å². The van der Waals surface area contributed by atoms with Gasteiger partial charge in [-0.05, 0) is 24.6 Å². The first-order valence-corrected chi connectivity index (χ1v) is 8.71. The van der Waals surface area contributed by atoms with E-state index in [1.807, 2.05) is 29.2 Å². The van der Waals surface area contributed by atoms with Crippen molar-refractivity contribution in [3.63, 3.8) is 0 Å². The summed E-state index contributed by atoms with van der Waals surface area (Å²) in [6, 6.07) is 7.41. The Morgan fingerprint density at radius 1 is 1.12 bits per heavy atom. The van der Waals surface area contributed by atoms with Crippen LogP contribution in [0.1, 0.15) is 19.8 Å². The van der Waals surface area contributed by atoms with Crippen LogP contribution in [0.5, 0.6) is 0 Å². The molecule has 2 fully saturated rings. The van der Waals surface area contributed by atoms with Crippen LogP contribution in [-0.2, 0) is 14.4 Å². The topological polar surface area (TPSA) is 73.0 Å². The Hall–Kier alpha value is -2.41. The van der Waals surface area contributed by atoms with Crippen molar-refractivity contribution in [1.82, 2.24) is 9.80 Å². The van der Waals surface area contributed by atoms with Gasteiger partial charge >= 0.3 is 0 Å². The van der Waals surface area contributed by atoms with Gasteiger partial charge in [0.05, 0.1) is 6.54 Å². The first-order valence-electron chi connectivity index (χ1n) is 8.71. The third kappa shape index (κ3) is 4.36. The molecule has 3 amide bonds. The maximum absolute atomic E-state index is 12.3. The molecule has 7 heteroatoms. The molecule has 1 aromatic carbocycles. The third-order valence-corrected chi connectivity index (χ3v) is 4.70. The van der Waals surface area contributed by atoms with Crippen LogP contribution in [0, 0.1) is 0 Å². The maximum Gasteiger partial charge on any atom is 0.238 e. The molecule has 7 nitrogen and oxygen atoms in total. The van der Waals surface area contributed by atoms with Gasteiger partial charge in [0, 0.05) is 57.4 Å². The zero-order valence-electron chi connectivity index (χ0n) is 14.5. The normalized spacial score (nSPS) is 18.5. The molecule has 0 atom stereocenters. The highest BCUT2D eigenvalue weighted by molar-refractivity contribution is 5.97. The van der Waals surface area contributed by atoms with Crippen LogP contribution in [-0.4, -0.2) is 66.8 Å². The highest BCUT2D eigenvalue weighted by atomic mass is 16.2. The molecule has 0 bridgehead atoms. The van der Waals surface area contributed by atoms with Crippen molar-refractivity contribution in [1.29, 1.82) is 0 Å². The fraction of sp³-hybridized carbons (Fsp3) is 0.500. The minimum Gasteiger partial charge on any atom is -0.340 e. The van der Waals surface area contributed by atoms with Crippen molar-refractivity contribution >= 4 is 29.1 Å². The largest absolute Gasteiger partial charge is 0.340 e. The number of amides is 3. The number of benzene rings is 1. The number of nitrogens with one attached hydrogen (secondary N) is 1. The summed E-state index contributed by atoms with van der Waals surface area (Å²) >= 11 is 0. The molecular formula is C18H24N4O3. The summed E-state index contributed by atoms with van der Waals surface area (Å²) < 4.78 is 0. The maximum atomic E-state index is 12.3. The summed E-state index contributed by atoms with van der Waals surface area (Å²) in [5.41, 5.74) is 1.53. The molecule has 3 rings (SSSR count). The van der Waals surface area contributed by atoms with Gasteiger partial charge in [-0.3, -0.25) is 19.3 Å². The predicted molar refractivity (Wildman–Crippen MR) is 95.4 cm³/mol. The van der Waals surface area contributed by atoms with Crippen LogP contribution in [0.4, 0.5) is 11.4 Å². The van der Waals surface area contributed by atoms with E-state index >= 15 is 0 Å². The zero-order chi connectivity index (χ0) is 17.8. The number of piperazine rings is 1. The zero-order valence-corrected chi connectivity index (χ0v) is 14.5. The summed E-state index contributed by atoms with van der Waals surface area (Å²) in [4.78, 5) is 41.1. The number of carbonyl (C=O) groups is 3. The van der Waals surface area contributed by atoms with Gasteiger partial charge in [-0.15, -0.1) is 0 Å². The lowest BCUT2D eigenvalue weighted by Gasteiger charge is -2.33. The van der Waals surface area contributed by atoms with Gasteiger partial charge in [0.15, 0.2) is 0 Å². The molecule has 0 radical (unpaired) electrons. The van der Waals surface area contributed by atoms with Gasteiger partial charge in [-0.25, -0.2) is 0 Å². The number of hydrogen-bond acceptors (Lipinski definition) is 4. The number of nitrogens with zero attached hydrogens (tertiary/aromatic N) is 3. The van der Waals surface area contributed by atoms with Gasteiger partial charge in [0.2, 0.25) is 17.7 Å². The van der Waals surface area contributed by atoms with E-state index in [0.29, 0.717) is 44.8 Å². The Kier molecular flexibility index (Phi) is 5.33. The standard InChI is InChI=1S/C18H24N4O3/c1-14(23)21-10-8-20(9-11-21)13-17(24)19-15-4-2-5-16(12-15)22-7-3-6-18(22)25/h2,4-5,12H,3,6-11,13H2,1H3,(H,19,24). The molecule has 0 aromatic heterocycles. The van der Waals surface area contributed by atoms with Crippen molar-refractivity contribution in [2.24, 2.45) is 0 Å². The minimum atomic E-state index is -0.0822. The fourth-order valence-electron chi connectivity index (χ4n) is 3.30. The van der Waals surface area contributed by atoms with E-state index < -0.39 is 0 Å². The second kappa shape index (κ2) is 7.65. The molecule has 2 aliphatic rings. The number of rotatable bonds is 4. The van der Waals surface area contributed by atoms with E-state index in [-0.39, 0.29) is 17.7 Å². The molecule has 0 unspecified atom stereocenters. The lowest BCUT2D eigenvalue weighted by Crippen LogP contribution is -2.49. The monoisotopic (exact) mass is 344 g/mol. The van der Waals surface area contributed by atoms with Crippen molar-refractivity contribution in [3.8, 4) is 0 Å². The molecule has 0 aliphatic carbocycles. The van der Waals surface area contributed by atoms with Crippen LogP contribution < -0.4 is 10.2 Å². The van der Waals surface area contributed by atoms with Crippen molar-refractivity contribution in [3.05, 3.63) is 24.3 Å². The highest BCUT2D eigenvalue weighted by Crippen LogP contribution is 2.24. The summed E-state index contributed by atoms with van der Waals surface area (Å²) in [6.45, 7) is 5.34. The predicted octanol–water partition coefficient (Wildman–Crippen LogP) is 0.916. The summed E-state index contributed by atoms with van der Waals surface area (Å²) in [6.07, 6.45) is 1.46. The summed E-state index contributed by atoms with van der Waals surface area (Å²) in [5.74, 6) is 0.130. The average Bonchev–Trinajstić information content (AvgIpc) is 3.01. The molecule has 2 heterocycles. The number of anilines is 2. The molecule has 2 aliphatic heterocycles. The van der Waals surface area contributed by atoms with E-state index in [1.54, 1.807) is 16.7 Å². The molecule has 1 aromatic rings. The molecule has 1 N–H and O–H groups in total. The Morgan fingerprint density at radius 2 is 1.88 bits per heavy atom. The molecule has 134 valence electrons. The quantitative estimate of drug-likeness (QED) is 0.881. The van der Waals surface area contributed by atoms with Crippen molar-refractivity contribution in [2.45, 2.75) is 19.8 Å². The second-order valence-electron chi connectivity index (χ2n) is 6.53. The molecule has 25 heavy (non-hydrogen) atoms. The van der Waals surface area contributed by atoms with Crippen LogP contribution in [0.15, 0.2) is 24.3 Å². The first kappa shape index (κ1) is 17.4. The smallest absolute Gasteiger partial charge is 0.238 e. The van der Waals surface area contributed by atoms with Crippen molar-refractivity contribution in [2.75, 3.05) is 49.5 Å². The lowest BCUT2D eigenvalue weighted by molar-refractivity contribution is -0.130. The number of carbonyl (C=O) groups excluding carboxylic acids is 3. The molecule has 2 saturated heterocycles. The number of hydrogen-bond donors (Lipinski definition) is 1. The third-order valence-electron chi connectivity index (χ3n) is 4.70. The van der Waals surface area contributed by atoms with Crippen LogP contribution >= 0.6 is 0 Å². The van der Waals surface area contributed by atoms with Gasteiger partial charge < -0.3 is 15.1 Å². The van der Waals surface area contributed by atoms with Gasteiger partial charge in [-0.2, -0.15) is 0 Å². The van der Waals surface area contributed by atoms with Gasteiger partial charge in [0.25, 0.3) is 0 Å². The first-order chi connectivity index (χ1) is 12.0. The molecule has 0 saturated carbocycles. The van der Waals surface area contributed by atoms with Gasteiger partial charge in [0.1, 0.15) is 0 Å². The van der Waals surface area contributed by atoms with Crippen molar-refractivity contribution < 1.29 is 14.4 Å². The van der Waals surface area contributed by atoms with Crippen LogP contribution in [0.2, 0.25) is 0 Å². The fourth-order valence-corrected chi connectivity index (χ4v) is 3.30. The Labute approximate surface area is 147 Å². The van der Waals surface area contributed by atoms with E-state index in [0.717, 1.165) is 18.7 Å². The minimum absolute atomic E-state index is 0.0809. The Bertz CT molecular complexity index is 668. The van der Waals surface area contributed by atoms with Crippen LogP contribution in [0.25, 0.3) is 0 Å².